The molecule has 0 radical (unpaired) electrons. The third-order valence-electron chi connectivity index (χ3n) is 4.96. The van der Waals surface area contributed by atoms with Crippen LogP contribution in [0.4, 0.5) is 5.95 Å². The van der Waals surface area contributed by atoms with Crippen molar-refractivity contribution in [2.75, 3.05) is 39.7 Å². The van der Waals surface area contributed by atoms with E-state index in [-0.39, 0.29) is 11.7 Å². The molecule has 1 atom stereocenters. The first-order valence-electron chi connectivity index (χ1n) is 10.2. The van der Waals surface area contributed by atoms with E-state index in [0.717, 1.165) is 11.3 Å². The Hall–Kier alpha value is -3.45. The van der Waals surface area contributed by atoms with E-state index < -0.39 is 0 Å². The number of imidazole rings is 1. The van der Waals surface area contributed by atoms with Crippen molar-refractivity contribution in [3.63, 3.8) is 0 Å². The Morgan fingerprint density at radius 3 is 2.61 bits per heavy atom. The van der Waals surface area contributed by atoms with Crippen molar-refractivity contribution in [1.29, 1.82) is 0 Å². The van der Waals surface area contributed by atoms with Crippen LogP contribution in [0.15, 0.2) is 65.8 Å². The SMILES string of the molecule is COCCN=C(Nc1ncc(C(C)c2cccc(C(=O)c3ccccc3)c2)[nH]1)N(C)C. The molecule has 0 saturated heterocycles. The van der Waals surface area contributed by atoms with Gasteiger partial charge in [-0.15, -0.1) is 0 Å². The second kappa shape index (κ2) is 10.5. The standard InChI is InChI=1S/C24H29N5O2/c1-17(19-11-8-12-20(15-19)22(30)18-9-6-5-7-10-18)21-16-26-23(27-21)28-24(29(2)3)25-13-14-31-4/h5-12,15-17H,13-14H2,1-4H3,(H2,25,26,27,28). The van der Waals surface area contributed by atoms with Crippen LogP contribution >= 0.6 is 0 Å². The number of carbonyl (C=O) groups excluding carboxylic acids is 1. The van der Waals surface area contributed by atoms with Crippen LogP contribution in [0.5, 0.6) is 0 Å². The van der Waals surface area contributed by atoms with Gasteiger partial charge in [0, 0.05) is 43.9 Å². The lowest BCUT2D eigenvalue weighted by molar-refractivity contribution is 0.103. The molecule has 0 aliphatic rings. The summed E-state index contributed by atoms with van der Waals surface area (Å²) in [5.41, 5.74) is 3.35. The monoisotopic (exact) mass is 419 g/mol. The van der Waals surface area contributed by atoms with E-state index >= 15 is 0 Å². The highest BCUT2D eigenvalue weighted by molar-refractivity contribution is 6.09. The minimum Gasteiger partial charge on any atom is -0.383 e. The molecule has 0 aliphatic carbocycles. The van der Waals surface area contributed by atoms with Crippen LogP contribution in [-0.2, 0) is 4.74 Å². The maximum atomic E-state index is 12.8. The molecule has 31 heavy (non-hydrogen) atoms. The average molecular weight is 420 g/mol. The van der Waals surface area contributed by atoms with Crippen LogP contribution in [0, 0.1) is 0 Å². The van der Waals surface area contributed by atoms with Gasteiger partial charge in [0.1, 0.15) is 0 Å². The van der Waals surface area contributed by atoms with E-state index in [4.69, 9.17) is 4.74 Å². The molecular weight excluding hydrogens is 390 g/mol. The molecule has 0 amide bonds. The van der Waals surface area contributed by atoms with E-state index in [2.05, 4.69) is 27.2 Å². The topological polar surface area (TPSA) is 82.6 Å². The largest absolute Gasteiger partial charge is 0.383 e. The molecule has 162 valence electrons. The third kappa shape index (κ3) is 5.79. The van der Waals surface area contributed by atoms with Crippen LogP contribution in [0.1, 0.15) is 40.0 Å². The fourth-order valence-electron chi connectivity index (χ4n) is 3.15. The van der Waals surface area contributed by atoms with Gasteiger partial charge < -0.3 is 14.6 Å². The molecule has 0 fully saturated rings. The van der Waals surface area contributed by atoms with E-state index in [1.54, 1.807) is 13.3 Å². The first-order valence-corrected chi connectivity index (χ1v) is 10.2. The number of guanidine groups is 1. The zero-order chi connectivity index (χ0) is 22.2. The lowest BCUT2D eigenvalue weighted by atomic mass is 9.94. The van der Waals surface area contributed by atoms with Gasteiger partial charge in [0.25, 0.3) is 0 Å². The summed E-state index contributed by atoms with van der Waals surface area (Å²) in [6, 6.07) is 17.1. The minimum atomic E-state index is 0.0181. The first kappa shape index (κ1) is 22.2. The number of aromatic nitrogens is 2. The van der Waals surface area contributed by atoms with Crippen LogP contribution < -0.4 is 5.32 Å². The summed E-state index contributed by atoms with van der Waals surface area (Å²) in [6.07, 6.45) is 1.81. The summed E-state index contributed by atoms with van der Waals surface area (Å²) >= 11 is 0. The van der Waals surface area contributed by atoms with E-state index in [0.29, 0.717) is 36.2 Å². The Balaban J connectivity index is 1.75. The summed E-state index contributed by atoms with van der Waals surface area (Å²) in [6.45, 7) is 3.20. The van der Waals surface area contributed by atoms with Gasteiger partial charge in [0.05, 0.1) is 19.3 Å². The Kier molecular flexibility index (Phi) is 7.56. The second-order valence-electron chi connectivity index (χ2n) is 7.45. The Morgan fingerprint density at radius 1 is 1.16 bits per heavy atom. The molecule has 1 unspecified atom stereocenters. The number of rotatable bonds is 8. The molecule has 7 heteroatoms. The van der Waals surface area contributed by atoms with Crippen molar-refractivity contribution in [2.45, 2.75) is 12.8 Å². The number of methoxy groups -OCH3 is 1. The van der Waals surface area contributed by atoms with Gasteiger partial charge in [-0.25, -0.2) is 4.98 Å². The van der Waals surface area contributed by atoms with E-state index in [1.165, 1.54) is 0 Å². The highest BCUT2D eigenvalue weighted by Gasteiger charge is 2.15. The number of carbonyl (C=O) groups is 1. The molecular formula is C24H29N5O2. The van der Waals surface area contributed by atoms with Gasteiger partial charge in [0.2, 0.25) is 5.95 Å². The maximum Gasteiger partial charge on any atom is 0.207 e. The smallest absolute Gasteiger partial charge is 0.207 e. The van der Waals surface area contributed by atoms with Gasteiger partial charge in [-0.2, -0.15) is 0 Å². The molecule has 1 heterocycles. The summed E-state index contributed by atoms with van der Waals surface area (Å²) in [5, 5.41) is 3.21. The summed E-state index contributed by atoms with van der Waals surface area (Å²) in [4.78, 5) is 26.9. The molecule has 0 aliphatic heterocycles. The summed E-state index contributed by atoms with van der Waals surface area (Å²) < 4.78 is 5.06. The molecule has 3 aromatic rings. The zero-order valence-corrected chi connectivity index (χ0v) is 18.4. The molecule has 2 aromatic carbocycles. The Morgan fingerprint density at radius 2 is 1.90 bits per heavy atom. The number of hydrogen-bond donors (Lipinski definition) is 2. The van der Waals surface area contributed by atoms with Gasteiger partial charge in [0.15, 0.2) is 11.7 Å². The highest BCUT2D eigenvalue weighted by atomic mass is 16.5. The van der Waals surface area contributed by atoms with Gasteiger partial charge in [-0.05, 0) is 11.6 Å². The molecule has 2 N–H and O–H groups in total. The molecule has 0 saturated carbocycles. The predicted molar refractivity (Wildman–Crippen MR) is 124 cm³/mol. The maximum absolute atomic E-state index is 12.8. The number of anilines is 1. The number of ether oxygens (including phenoxy) is 1. The first-order chi connectivity index (χ1) is 15.0. The number of aromatic amines is 1. The second-order valence-corrected chi connectivity index (χ2v) is 7.45. The molecule has 7 nitrogen and oxygen atoms in total. The fourth-order valence-corrected chi connectivity index (χ4v) is 3.15. The number of aliphatic imine (C=N–C) groups is 1. The number of benzene rings is 2. The van der Waals surface area contributed by atoms with E-state index in [1.807, 2.05) is 73.6 Å². The fraction of sp³-hybridized carbons (Fsp3) is 0.292. The highest BCUT2D eigenvalue weighted by Crippen LogP contribution is 2.25. The van der Waals surface area contributed by atoms with Crippen molar-refractivity contribution >= 4 is 17.7 Å². The van der Waals surface area contributed by atoms with Crippen molar-refractivity contribution in [3.8, 4) is 0 Å². The summed E-state index contributed by atoms with van der Waals surface area (Å²) in [7, 11) is 5.49. The van der Waals surface area contributed by atoms with Gasteiger partial charge in [-0.1, -0.05) is 55.5 Å². The Labute approximate surface area is 183 Å². The number of H-pyrrole nitrogens is 1. The van der Waals surface area contributed by atoms with Crippen LogP contribution in [0.3, 0.4) is 0 Å². The molecule has 3 rings (SSSR count). The van der Waals surface area contributed by atoms with Crippen LogP contribution in [-0.4, -0.2) is 61.0 Å². The number of hydrogen-bond acceptors (Lipinski definition) is 4. The van der Waals surface area contributed by atoms with Crippen molar-refractivity contribution in [3.05, 3.63) is 83.2 Å². The normalized spacial score (nSPS) is 12.5. The predicted octanol–water partition coefficient (Wildman–Crippen LogP) is 3.77. The van der Waals surface area contributed by atoms with Crippen molar-refractivity contribution in [1.82, 2.24) is 14.9 Å². The van der Waals surface area contributed by atoms with Crippen LogP contribution in [0.2, 0.25) is 0 Å². The number of nitrogens with zero attached hydrogens (tertiary/aromatic N) is 3. The average Bonchev–Trinajstić information content (AvgIpc) is 3.26. The number of nitrogens with one attached hydrogen (secondary N) is 2. The van der Waals surface area contributed by atoms with Gasteiger partial charge >= 0.3 is 0 Å². The lowest BCUT2D eigenvalue weighted by Gasteiger charge is -2.16. The van der Waals surface area contributed by atoms with E-state index in [9.17, 15) is 4.79 Å². The quantitative estimate of drug-likeness (QED) is 0.251. The molecule has 0 bridgehead atoms. The molecule has 0 spiro atoms. The lowest BCUT2D eigenvalue weighted by Crippen LogP contribution is -2.30. The summed E-state index contributed by atoms with van der Waals surface area (Å²) in [5.74, 6) is 1.37. The molecule has 1 aromatic heterocycles. The zero-order valence-electron chi connectivity index (χ0n) is 18.4. The number of ketones is 1. The van der Waals surface area contributed by atoms with Gasteiger partial charge in [-0.3, -0.25) is 15.1 Å². The van der Waals surface area contributed by atoms with Crippen LogP contribution in [0.25, 0.3) is 0 Å². The minimum absolute atomic E-state index is 0.0181. The van der Waals surface area contributed by atoms with Crippen molar-refractivity contribution in [2.24, 2.45) is 4.99 Å². The van der Waals surface area contributed by atoms with Crippen molar-refractivity contribution < 1.29 is 9.53 Å². The third-order valence-corrected chi connectivity index (χ3v) is 4.96. The Bertz CT molecular complexity index is 1030.